The van der Waals surface area contributed by atoms with Crippen LogP contribution in [0.3, 0.4) is 0 Å². The van der Waals surface area contributed by atoms with Crippen molar-refractivity contribution in [1.82, 2.24) is 4.90 Å². The Labute approximate surface area is 143 Å². The van der Waals surface area contributed by atoms with Crippen LogP contribution in [0.2, 0.25) is 0 Å². The summed E-state index contributed by atoms with van der Waals surface area (Å²) >= 11 is 0. The van der Waals surface area contributed by atoms with Gasteiger partial charge in [0.05, 0.1) is 0 Å². The highest BCUT2D eigenvalue weighted by atomic mass is 16.4. The number of hydrogen-bond donors (Lipinski definition) is 1. The van der Waals surface area contributed by atoms with Gasteiger partial charge in [-0.15, -0.1) is 0 Å². The van der Waals surface area contributed by atoms with Crippen LogP contribution in [0.1, 0.15) is 73.2 Å². The molecular weight excluding hydrogens is 302 g/mol. The molecule has 1 aromatic carbocycles. The van der Waals surface area contributed by atoms with E-state index in [4.69, 9.17) is 0 Å². The molecule has 2 fully saturated rings. The van der Waals surface area contributed by atoms with E-state index in [1.807, 2.05) is 17.0 Å². The van der Waals surface area contributed by atoms with Crippen molar-refractivity contribution in [2.24, 2.45) is 0 Å². The van der Waals surface area contributed by atoms with Crippen molar-refractivity contribution in [3.05, 3.63) is 35.4 Å². The van der Waals surface area contributed by atoms with Crippen LogP contribution >= 0.6 is 0 Å². The minimum absolute atomic E-state index is 0.0653. The van der Waals surface area contributed by atoms with Gasteiger partial charge in [-0.2, -0.15) is 0 Å². The lowest BCUT2D eigenvalue weighted by atomic mass is 9.84. The molecule has 0 spiro atoms. The first-order valence-corrected chi connectivity index (χ1v) is 9.25. The third-order valence-corrected chi connectivity index (χ3v) is 5.55. The number of carboxylic acids is 1. The summed E-state index contributed by atoms with van der Waals surface area (Å²) in [7, 11) is 0. The monoisotopic (exact) mass is 329 g/mol. The molecule has 1 heterocycles. The van der Waals surface area contributed by atoms with E-state index in [-0.39, 0.29) is 12.2 Å². The number of nitrogens with zero attached hydrogens (tertiary/aromatic N) is 1. The van der Waals surface area contributed by atoms with Crippen LogP contribution in [-0.2, 0) is 4.79 Å². The number of likely N-dealkylation sites (tertiary alicyclic amines) is 1. The summed E-state index contributed by atoms with van der Waals surface area (Å²) in [6.45, 7) is 1.57. The van der Waals surface area contributed by atoms with E-state index >= 15 is 0 Å². The van der Waals surface area contributed by atoms with Gasteiger partial charge in [0.2, 0.25) is 0 Å². The quantitative estimate of drug-likeness (QED) is 0.805. The normalized spacial score (nSPS) is 20.8. The van der Waals surface area contributed by atoms with Crippen LogP contribution in [0.5, 0.6) is 0 Å². The maximum absolute atomic E-state index is 12.5. The minimum Gasteiger partial charge on any atom is -0.480 e. The molecule has 0 radical (unpaired) electrons. The zero-order valence-corrected chi connectivity index (χ0v) is 14.2. The molecule has 1 aliphatic carbocycles. The molecule has 0 aromatic heterocycles. The number of carbonyl (C=O) groups excluding carboxylic acids is 1. The number of hydrogen-bond acceptors (Lipinski definition) is 3. The summed E-state index contributed by atoms with van der Waals surface area (Å²) < 4.78 is 0. The molecule has 3 rings (SSSR count). The molecule has 1 aliphatic heterocycles. The van der Waals surface area contributed by atoms with Crippen LogP contribution in [0.15, 0.2) is 24.3 Å². The van der Waals surface area contributed by atoms with E-state index in [2.05, 4.69) is 12.1 Å². The zero-order chi connectivity index (χ0) is 16.9. The molecule has 130 valence electrons. The Morgan fingerprint density at radius 3 is 2.21 bits per heavy atom. The predicted molar refractivity (Wildman–Crippen MR) is 93.4 cm³/mol. The lowest BCUT2D eigenvalue weighted by molar-refractivity contribution is -0.142. The number of ketones is 1. The van der Waals surface area contributed by atoms with E-state index in [9.17, 15) is 14.7 Å². The van der Waals surface area contributed by atoms with E-state index < -0.39 is 12.0 Å². The Morgan fingerprint density at radius 1 is 1.00 bits per heavy atom. The topological polar surface area (TPSA) is 57.6 Å². The SMILES string of the molecule is O=C(C[C@H](C(=O)O)N1CCCC1)c1ccc(C2CCCCC2)cc1. The summed E-state index contributed by atoms with van der Waals surface area (Å²) in [6, 6.07) is 7.21. The second-order valence-corrected chi connectivity index (χ2v) is 7.18. The van der Waals surface area contributed by atoms with Crippen molar-refractivity contribution < 1.29 is 14.7 Å². The van der Waals surface area contributed by atoms with Crippen LogP contribution in [0, 0.1) is 0 Å². The average molecular weight is 329 g/mol. The van der Waals surface area contributed by atoms with Crippen LogP contribution in [0.4, 0.5) is 0 Å². The molecule has 24 heavy (non-hydrogen) atoms. The van der Waals surface area contributed by atoms with Gasteiger partial charge in [0.15, 0.2) is 5.78 Å². The first-order valence-electron chi connectivity index (χ1n) is 9.25. The molecule has 1 aromatic rings. The molecule has 1 saturated carbocycles. The first kappa shape index (κ1) is 17.2. The molecule has 4 heteroatoms. The maximum atomic E-state index is 12.5. The number of rotatable bonds is 6. The Bertz CT molecular complexity index is 569. The van der Waals surface area contributed by atoms with Crippen molar-refractivity contribution in [1.29, 1.82) is 0 Å². The lowest BCUT2D eigenvalue weighted by Crippen LogP contribution is -2.40. The smallest absolute Gasteiger partial charge is 0.321 e. The van der Waals surface area contributed by atoms with E-state index in [0.29, 0.717) is 11.5 Å². The molecular formula is C20H27NO3. The summed E-state index contributed by atoms with van der Waals surface area (Å²) in [5.74, 6) is -0.326. The van der Waals surface area contributed by atoms with Gasteiger partial charge in [-0.3, -0.25) is 14.5 Å². The standard InChI is InChI=1S/C20H27NO3/c22-19(14-18(20(23)24)21-12-4-5-13-21)17-10-8-16(9-11-17)15-6-2-1-3-7-15/h8-11,15,18H,1-7,12-14H2,(H,23,24)/t18-/m1/s1. The van der Waals surface area contributed by atoms with Crippen molar-refractivity contribution in [2.75, 3.05) is 13.1 Å². The van der Waals surface area contributed by atoms with Crippen molar-refractivity contribution in [2.45, 2.75) is 63.3 Å². The highest BCUT2D eigenvalue weighted by Crippen LogP contribution is 2.32. The van der Waals surface area contributed by atoms with Crippen LogP contribution < -0.4 is 0 Å². The number of carbonyl (C=O) groups is 2. The number of benzene rings is 1. The van der Waals surface area contributed by atoms with Crippen molar-refractivity contribution in [3.63, 3.8) is 0 Å². The summed E-state index contributed by atoms with van der Waals surface area (Å²) in [4.78, 5) is 26.0. The summed E-state index contributed by atoms with van der Waals surface area (Å²) in [5, 5.41) is 9.45. The van der Waals surface area contributed by atoms with Crippen molar-refractivity contribution in [3.8, 4) is 0 Å². The molecule has 0 bridgehead atoms. The Hall–Kier alpha value is -1.68. The van der Waals surface area contributed by atoms with Gasteiger partial charge in [0.1, 0.15) is 6.04 Å². The molecule has 2 aliphatic rings. The van der Waals surface area contributed by atoms with Gasteiger partial charge in [-0.25, -0.2) is 0 Å². The average Bonchev–Trinajstić information content (AvgIpc) is 3.14. The maximum Gasteiger partial charge on any atom is 0.321 e. The van der Waals surface area contributed by atoms with E-state index in [1.165, 1.54) is 37.7 Å². The number of aliphatic carboxylic acids is 1. The molecule has 0 unspecified atom stereocenters. The van der Waals surface area contributed by atoms with Crippen molar-refractivity contribution >= 4 is 11.8 Å². The van der Waals surface area contributed by atoms with Gasteiger partial charge < -0.3 is 5.11 Å². The van der Waals surface area contributed by atoms with E-state index in [1.54, 1.807) is 0 Å². The number of carboxylic acid groups (broad SMARTS) is 1. The first-order chi connectivity index (χ1) is 11.6. The third-order valence-electron chi connectivity index (χ3n) is 5.55. The summed E-state index contributed by atoms with van der Waals surface area (Å²) in [6.07, 6.45) is 8.51. The number of Topliss-reactive ketones (excluding diaryl/α,β-unsaturated/α-hetero) is 1. The fraction of sp³-hybridized carbons (Fsp3) is 0.600. The van der Waals surface area contributed by atoms with Crippen LogP contribution in [0.25, 0.3) is 0 Å². The fourth-order valence-electron chi connectivity index (χ4n) is 4.10. The fourth-order valence-corrected chi connectivity index (χ4v) is 4.10. The molecule has 0 amide bonds. The van der Waals surface area contributed by atoms with Gasteiger partial charge in [-0.1, -0.05) is 43.5 Å². The van der Waals surface area contributed by atoms with Gasteiger partial charge in [0.25, 0.3) is 0 Å². The largest absolute Gasteiger partial charge is 0.480 e. The van der Waals surface area contributed by atoms with Gasteiger partial charge in [0, 0.05) is 12.0 Å². The van der Waals surface area contributed by atoms with E-state index in [0.717, 1.165) is 25.9 Å². The Morgan fingerprint density at radius 2 is 1.62 bits per heavy atom. The molecule has 1 atom stereocenters. The minimum atomic E-state index is -0.885. The molecule has 1 saturated heterocycles. The lowest BCUT2D eigenvalue weighted by Gasteiger charge is -2.23. The third kappa shape index (κ3) is 4.04. The van der Waals surface area contributed by atoms with Crippen LogP contribution in [-0.4, -0.2) is 40.9 Å². The Kier molecular flexibility index (Phi) is 5.67. The highest BCUT2D eigenvalue weighted by molar-refractivity contribution is 5.98. The zero-order valence-electron chi connectivity index (χ0n) is 14.2. The highest BCUT2D eigenvalue weighted by Gasteiger charge is 2.30. The summed E-state index contributed by atoms with van der Waals surface area (Å²) in [5.41, 5.74) is 1.96. The predicted octanol–water partition coefficient (Wildman–Crippen LogP) is 3.86. The molecule has 1 N–H and O–H groups in total. The van der Waals surface area contributed by atoms with Gasteiger partial charge in [-0.05, 0) is 50.3 Å². The Balaban J connectivity index is 1.64. The second-order valence-electron chi connectivity index (χ2n) is 7.18. The molecule has 4 nitrogen and oxygen atoms in total. The second kappa shape index (κ2) is 7.93. The van der Waals surface area contributed by atoms with Gasteiger partial charge >= 0.3 is 5.97 Å².